The molecule has 1 N–H and O–H groups in total. The van der Waals surface area contributed by atoms with Gasteiger partial charge in [-0.1, -0.05) is 69.8 Å². The van der Waals surface area contributed by atoms with E-state index in [1.165, 1.54) is 64.2 Å². The number of aliphatic hydroxyl groups is 1. The lowest BCUT2D eigenvalue weighted by Crippen LogP contribution is -1.81. The van der Waals surface area contributed by atoms with Crippen LogP contribution in [0, 0.1) is 0 Å². The molecule has 0 rings (SSSR count). The van der Waals surface area contributed by atoms with E-state index in [0.717, 1.165) is 12.7 Å². The quantitative estimate of drug-likeness (QED) is 0.175. The second kappa shape index (κ2) is 17.0. The first kappa shape index (κ1) is 18.0. The van der Waals surface area contributed by atoms with Gasteiger partial charge in [-0.05, 0) is 38.2 Å². The van der Waals surface area contributed by atoms with E-state index in [-0.39, 0.29) is 0 Å². The standard InChI is InChI=1S/C18H32O/c1-2-3-4-5-6-7-8-9-10-11-12-13-14-15-16-17-18-19/h3-4,15-19H,2,5-14H2,1H3/b4-3?,16-15-,18-17?. The number of aliphatic hydroxyl groups excluding tert-OH is 1. The highest BCUT2D eigenvalue weighted by atomic mass is 16.2. The Labute approximate surface area is 120 Å². The molecule has 19 heavy (non-hydrogen) atoms. The largest absolute Gasteiger partial charge is 0.516 e. The maximum Gasteiger partial charge on any atom is 0.0791 e. The van der Waals surface area contributed by atoms with Crippen molar-refractivity contribution < 1.29 is 5.11 Å². The average Bonchev–Trinajstić information content (AvgIpc) is 2.43. The summed E-state index contributed by atoms with van der Waals surface area (Å²) in [5, 5.41) is 8.43. The molecule has 0 aliphatic rings. The Balaban J connectivity index is 3.04. The molecule has 0 fully saturated rings. The SMILES string of the molecule is CCC=CCCCCCCCCCC/C=C\C=CO. The molecular formula is C18H32O. The summed E-state index contributed by atoms with van der Waals surface area (Å²) in [4.78, 5) is 0. The number of hydrogen-bond acceptors (Lipinski definition) is 1. The van der Waals surface area contributed by atoms with E-state index in [0.29, 0.717) is 0 Å². The molecule has 0 aliphatic heterocycles. The summed E-state index contributed by atoms with van der Waals surface area (Å²) in [6, 6.07) is 0. The highest BCUT2D eigenvalue weighted by Gasteiger charge is 1.91. The van der Waals surface area contributed by atoms with Crippen LogP contribution >= 0.6 is 0 Å². The van der Waals surface area contributed by atoms with Crippen LogP contribution in [0.5, 0.6) is 0 Å². The summed E-state index contributed by atoms with van der Waals surface area (Å²) < 4.78 is 0. The fourth-order valence-electron chi connectivity index (χ4n) is 2.09. The van der Waals surface area contributed by atoms with Gasteiger partial charge >= 0.3 is 0 Å². The first-order chi connectivity index (χ1) is 9.41. The highest BCUT2D eigenvalue weighted by molar-refractivity contribution is 4.98. The Kier molecular flexibility index (Phi) is 16.1. The van der Waals surface area contributed by atoms with Crippen molar-refractivity contribution in [2.75, 3.05) is 0 Å². The van der Waals surface area contributed by atoms with E-state index >= 15 is 0 Å². The van der Waals surface area contributed by atoms with Crippen molar-refractivity contribution in [3.63, 3.8) is 0 Å². The van der Waals surface area contributed by atoms with E-state index in [1.54, 1.807) is 6.08 Å². The molecule has 0 aromatic heterocycles. The van der Waals surface area contributed by atoms with Crippen molar-refractivity contribution in [1.82, 2.24) is 0 Å². The normalized spacial score (nSPS) is 12.3. The van der Waals surface area contributed by atoms with Crippen LogP contribution in [-0.2, 0) is 0 Å². The van der Waals surface area contributed by atoms with Gasteiger partial charge in [-0.2, -0.15) is 0 Å². The number of hydrogen-bond donors (Lipinski definition) is 1. The molecular weight excluding hydrogens is 232 g/mol. The molecule has 0 saturated carbocycles. The summed E-state index contributed by atoms with van der Waals surface area (Å²) in [7, 11) is 0. The molecule has 0 unspecified atom stereocenters. The lowest BCUT2D eigenvalue weighted by atomic mass is 10.1. The highest BCUT2D eigenvalue weighted by Crippen LogP contribution is 2.11. The predicted octanol–water partition coefficient (Wildman–Crippen LogP) is 6.48. The molecule has 1 heteroatoms. The summed E-state index contributed by atoms with van der Waals surface area (Å²) in [6.07, 6.45) is 25.9. The van der Waals surface area contributed by atoms with Crippen molar-refractivity contribution in [1.29, 1.82) is 0 Å². The predicted molar refractivity (Wildman–Crippen MR) is 86.5 cm³/mol. The molecule has 0 amide bonds. The molecule has 1 nitrogen and oxygen atoms in total. The third-order valence-corrected chi connectivity index (χ3v) is 3.23. The molecule has 0 spiro atoms. The minimum absolute atomic E-state index is 1.08. The van der Waals surface area contributed by atoms with Crippen molar-refractivity contribution >= 4 is 0 Å². The third-order valence-electron chi connectivity index (χ3n) is 3.23. The van der Waals surface area contributed by atoms with Crippen molar-refractivity contribution in [3.8, 4) is 0 Å². The molecule has 0 atom stereocenters. The van der Waals surface area contributed by atoms with Crippen LogP contribution in [0.3, 0.4) is 0 Å². The molecule has 0 heterocycles. The van der Waals surface area contributed by atoms with Crippen LogP contribution in [-0.4, -0.2) is 5.11 Å². The Morgan fingerprint density at radius 1 is 0.632 bits per heavy atom. The average molecular weight is 264 g/mol. The zero-order valence-corrected chi connectivity index (χ0v) is 12.7. The van der Waals surface area contributed by atoms with Gasteiger partial charge in [0.05, 0.1) is 6.26 Å². The zero-order valence-electron chi connectivity index (χ0n) is 12.7. The van der Waals surface area contributed by atoms with Crippen LogP contribution < -0.4 is 0 Å². The van der Waals surface area contributed by atoms with Gasteiger partial charge in [0.15, 0.2) is 0 Å². The maximum atomic E-state index is 8.43. The van der Waals surface area contributed by atoms with E-state index in [2.05, 4.69) is 25.2 Å². The molecule has 0 bridgehead atoms. The number of unbranched alkanes of at least 4 members (excludes halogenated alkanes) is 9. The van der Waals surface area contributed by atoms with E-state index in [1.807, 2.05) is 6.08 Å². The molecule has 110 valence electrons. The van der Waals surface area contributed by atoms with Gasteiger partial charge < -0.3 is 5.11 Å². The van der Waals surface area contributed by atoms with E-state index in [9.17, 15) is 0 Å². The van der Waals surface area contributed by atoms with E-state index < -0.39 is 0 Å². The molecule has 0 saturated heterocycles. The summed E-state index contributed by atoms with van der Waals surface area (Å²) >= 11 is 0. The zero-order chi connectivity index (χ0) is 14.0. The minimum Gasteiger partial charge on any atom is -0.516 e. The molecule has 0 radical (unpaired) electrons. The van der Waals surface area contributed by atoms with Gasteiger partial charge in [-0.15, -0.1) is 0 Å². The van der Waals surface area contributed by atoms with Gasteiger partial charge in [0.25, 0.3) is 0 Å². The van der Waals surface area contributed by atoms with Gasteiger partial charge in [-0.3, -0.25) is 0 Å². The Bertz CT molecular complexity index is 238. The van der Waals surface area contributed by atoms with Crippen LogP contribution in [0.2, 0.25) is 0 Å². The molecule has 0 aliphatic carbocycles. The van der Waals surface area contributed by atoms with Gasteiger partial charge in [0.2, 0.25) is 0 Å². The van der Waals surface area contributed by atoms with Gasteiger partial charge in [0.1, 0.15) is 0 Å². The Morgan fingerprint density at radius 2 is 1.16 bits per heavy atom. The minimum atomic E-state index is 1.08. The van der Waals surface area contributed by atoms with Crippen molar-refractivity contribution in [2.45, 2.75) is 77.6 Å². The lowest BCUT2D eigenvalue weighted by molar-refractivity contribution is 0.473. The van der Waals surface area contributed by atoms with E-state index in [4.69, 9.17) is 5.11 Å². The van der Waals surface area contributed by atoms with Crippen molar-refractivity contribution in [2.24, 2.45) is 0 Å². The van der Waals surface area contributed by atoms with Gasteiger partial charge in [0, 0.05) is 0 Å². The number of allylic oxidation sites excluding steroid dienone is 5. The summed E-state index contributed by atoms with van der Waals surface area (Å²) in [6.45, 7) is 2.19. The molecule has 0 aromatic rings. The van der Waals surface area contributed by atoms with Gasteiger partial charge in [-0.25, -0.2) is 0 Å². The summed E-state index contributed by atoms with van der Waals surface area (Å²) in [5.41, 5.74) is 0. The van der Waals surface area contributed by atoms with Crippen molar-refractivity contribution in [3.05, 3.63) is 36.6 Å². The Morgan fingerprint density at radius 3 is 1.68 bits per heavy atom. The number of rotatable bonds is 13. The topological polar surface area (TPSA) is 20.2 Å². The fraction of sp³-hybridized carbons (Fsp3) is 0.667. The monoisotopic (exact) mass is 264 g/mol. The summed E-state index contributed by atoms with van der Waals surface area (Å²) in [5.74, 6) is 0. The first-order valence-electron chi connectivity index (χ1n) is 8.02. The van der Waals surface area contributed by atoms with Crippen LogP contribution in [0.1, 0.15) is 77.6 Å². The van der Waals surface area contributed by atoms with Crippen LogP contribution in [0.25, 0.3) is 0 Å². The first-order valence-corrected chi connectivity index (χ1v) is 8.02. The second-order valence-corrected chi connectivity index (χ2v) is 5.06. The Hall–Kier alpha value is -0.980. The molecule has 0 aromatic carbocycles. The maximum absolute atomic E-state index is 8.43. The lowest BCUT2D eigenvalue weighted by Gasteiger charge is -2.00. The van der Waals surface area contributed by atoms with Crippen LogP contribution in [0.4, 0.5) is 0 Å². The smallest absolute Gasteiger partial charge is 0.0791 e. The third kappa shape index (κ3) is 17.0. The second-order valence-electron chi connectivity index (χ2n) is 5.06. The fourth-order valence-corrected chi connectivity index (χ4v) is 2.09. The van der Waals surface area contributed by atoms with Crippen LogP contribution in [0.15, 0.2) is 36.6 Å².